The van der Waals surface area contributed by atoms with Crippen LogP contribution < -0.4 is 4.74 Å². The molecular formula is C11H14F2O. The zero-order chi connectivity index (χ0) is 10.9. The first-order chi connectivity index (χ1) is 6.36. The van der Waals surface area contributed by atoms with Gasteiger partial charge >= 0.3 is 0 Å². The van der Waals surface area contributed by atoms with Crippen LogP contribution in [0, 0.1) is 11.6 Å². The van der Waals surface area contributed by atoms with Crippen molar-refractivity contribution in [2.24, 2.45) is 0 Å². The van der Waals surface area contributed by atoms with Gasteiger partial charge in [0.25, 0.3) is 0 Å². The smallest absolute Gasteiger partial charge is 0.133 e. The largest absolute Gasteiger partial charge is 0.496 e. The molecule has 0 spiro atoms. The molecule has 0 amide bonds. The number of hydrogen-bond donors (Lipinski definition) is 0. The van der Waals surface area contributed by atoms with Crippen LogP contribution in [0.1, 0.15) is 26.3 Å². The Kier molecular flexibility index (Phi) is 2.79. The van der Waals surface area contributed by atoms with E-state index in [2.05, 4.69) is 0 Å². The molecule has 14 heavy (non-hydrogen) atoms. The van der Waals surface area contributed by atoms with E-state index < -0.39 is 17.0 Å². The lowest BCUT2D eigenvalue weighted by atomic mass is 9.86. The Hall–Kier alpha value is -1.12. The van der Waals surface area contributed by atoms with Gasteiger partial charge in [-0.2, -0.15) is 0 Å². The molecule has 1 aromatic carbocycles. The summed E-state index contributed by atoms with van der Waals surface area (Å²) in [6.45, 7) is 5.56. The van der Waals surface area contributed by atoms with Gasteiger partial charge < -0.3 is 4.74 Å². The van der Waals surface area contributed by atoms with Gasteiger partial charge in [0, 0.05) is 17.7 Å². The van der Waals surface area contributed by atoms with Crippen molar-refractivity contribution in [1.82, 2.24) is 0 Å². The minimum Gasteiger partial charge on any atom is -0.496 e. The normalized spacial score (nSPS) is 11.6. The maximum Gasteiger partial charge on any atom is 0.133 e. The molecule has 1 nitrogen and oxygen atoms in total. The lowest BCUT2D eigenvalue weighted by Crippen LogP contribution is -2.15. The van der Waals surface area contributed by atoms with Gasteiger partial charge in [-0.25, -0.2) is 8.78 Å². The minimum absolute atomic E-state index is 0.259. The summed E-state index contributed by atoms with van der Waals surface area (Å²) in [6.07, 6.45) is 0. The van der Waals surface area contributed by atoms with Gasteiger partial charge in [0.15, 0.2) is 0 Å². The summed E-state index contributed by atoms with van der Waals surface area (Å²) in [5.41, 5.74) is 0.00440. The van der Waals surface area contributed by atoms with Crippen LogP contribution in [0.4, 0.5) is 8.78 Å². The van der Waals surface area contributed by atoms with E-state index in [1.807, 2.05) is 20.8 Å². The van der Waals surface area contributed by atoms with Gasteiger partial charge in [0.2, 0.25) is 0 Å². The Morgan fingerprint density at radius 1 is 1.14 bits per heavy atom. The Morgan fingerprint density at radius 2 is 1.71 bits per heavy atom. The molecule has 0 saturated carbocycles. The molecule has 0 aromatic heterocycles. The van der Waals surface area contributed by atoms with Crippen molar-refractivity contribution in [3.63, 3.8) is 0 Å². The van der Waals surface area contributed by atoms with Crippen LogP contribution in [0.5, 0.6) is 5.75 Å². The van der Waals surface area contributed by atoms with Gasteiger partial charge in [-0.05, 0) is 5.41 Å². The Balaban J connectivity index is 3.40. The Bertz CT molecular complexity index is 340. The molecule has 0 aliphatic rings. The third-order valence-electron chi connectivity index (χ3n) is 1.99. The highest BCUT2D eigenvalue weighted by Crippen LogP contribution is 2.34. The summed E-state index contributed by atoms with van der Waals surface area (Å²) in [4.78, 5) is 0. The molecular weight excluding hydrogens is 186 g/mol. The van der Waals surface area contributed by atoms with E-state index in [1.54, 1.807) is 0 Å². The molecule has 1 rings (SSSR count). The van der Waals surface area contributed by atoms with Crippen LogP contribution >= 0.6 is 0 Å². The van der Waals surface area contributed by atoms with Crippen LogP contribution in [0.2, 0.25) is 0 Å². The lowest BCUT2D eigenvalue weighted by molar-refractivity contribution is 0.383. The van der Waals surface area contributed by atoms with Gasteiger partial charge in [0.1, 0.15) is 17.4 Å². The van der Waals surface area contributed by atoms with Crippen molar-refractivity contribution >= 4 is 0 Å². The molecule has 0 radical (unpaired) electrons. The molecule has 0 fully saturated rings. The molecule has 3 heteroatoms. The molecule has 0 atom stereocenters. The lowest BCUT2D eigenvalue weighted by Gasteiger charge is -2.22. The van der Waals surface area contributed by atoms with E-state index in [1.165, 1.54) is 13.2 Å². The molecule has 78 valence electrons. The van der Waals surface area contributed by atoms with Crippen molar-refractivity contribution in [2.75, 3.05) is 7.11 Å². The number of methoxy groups -OCH3 is 1. The number of rotatable bonds is 1. The van der Waals surface area contributed by atoms with E-state index in [0.717, 1.165) is 6.07 Å². The van der Waals surface area contributed by atoms with Crippen molar-refractivity contribution < 1.29 is 13.5 Å². The van der Waals surface area contributed by atoms with Crippen LogP contribution in [0.25, 0.3) is 0 Å². The van der Waals surface area contributed by atoms with E-state index in [4.69, 9.17) is 4.74 Å². The molecule has 0 saturated heterocycles. The molecule has 0 bridgehead atoms. The van der Waals surface area contributed by atoms with Crippen LogP contribution in [0.15, 0.2) is 12.1 Å². The molecule has 0 N–H and O–H groups in total. The van der Waals surface area contributed by atoms with E-state index >= 15 is 0 Å². The highest BCUT2D eigenvalue weighted by atomic mass is 19.1. The molecule has 1 aromatic rings. The monoisotopic (exact) mass is 200 g/mol. The molecule has 0 heterocycles. The fraction of sp³-hybridized carbons (Fsp3) is 0.455. The van der Waals surface area contributed by atoms with Gasteiger partial charge in [-0.1, -0.05) is 20.8 Å². The van der Waals surface area contributed by atoms with Crippen LogP contribution in [-0.2, 0) is 5.41 Å². The quantitative estimate of drug-likeness (QED) is 0.676. The second-order valence-electron chi connectivity index (χ2n) is 4.21. The average molecular weight is 200 g/mol. The summed E-state index contributed by atoms with van der Waals surface area (Å²) in [5, 5.41) is 0. The zero-order valence-electron chi connectivity index (χ0n) is 8.82. The van der Waals surface area contributed by atoms with Crippen LogP contribution in [-0.4, -0.2) is 7.11 Å². The van der Waals surface area contributed by atoms with Crippen molar-refractivity contribution in [3.05, 3.63) is 29.3 Å². The molecule has 0 aliphatic carbocycles. The van der Waals surface area contributed by atoms with Crippen molar-refractivity contribution in [3.8, 4) is 5.75 Å². The fourth-order valence-electron chi connectivity index (χ4n) is 1.44. The number of hydrogen-bond acceptors (Lipinski definition) is 1. The van der Waals surface area contributed by atoms with E-state index in [0.29, 0.717) is 5.56 Å². The summed E-state index contributed by atoms with van der Waals surface area (Å²) < 4.78 is 31.3. The highest BCUT2D eigenvalue weighted by molar-refractivity contribution is 5.40. The topological polar surface area (TPSA) is 9.23 Å². The van der Waals surface area contributed by atoms with Crippen molar-refractivity contribution in [2.45, 2.75) is 26.2 Å². The Morgan fingerprint density at radius 3 is 2.14 bits per heavy atom. The first-order valence-electron chi connectivity index (χ1n) is 4.40. The number of ether oxygens (including phenoxy) is 1. The first kappa shape index (κ1) is 11.0. The predicted molar refractivity (Wildman–Crippen MR) is 51.6 cm³/mol. The highest BCUT2D eigenvalue weighted by Gasteiger charge is 2.24. The summed E-state index contributed by atoms with van der Waals surface area (Å²) >= 11 is 0. The summed E-state index contributed by atoms with van der Waals surface area (Å²) in [7, 11) is 1.41. The first-order valence-corrected chi connectivity index (χ1v) is 4.40. The van der Waals surface area contributed by atoms with Crippen molar-refractivity contribution in [1.29, 1.82) is 0 Å². The van der Waals surface area contributed by atoms with Gasteiger partial charge in [-0.3, -0.25) is 0 Å². The standard InChI is InChI=1S/C11H14F2O/c1-11(2,3)10-8(13)5-7(12)6-9(10)14-4/h5-6H,1-4H3. The SMILES string of the molecule is COc1cc(F)cc(F)c1C(C)(C)C. The maximum atomic E-state index is 13.5. The average Bonchev–Trinajstić information content (AvgIpc) is 1.99. The number of benzene rings is 1. The second-order valence-corrected chi connectivity index (χ2v) is 4.21. The van der Waals surface area contributed by atoms with E-state index in [-0.39, 0.29) is 5.75 Å². The third-order valence-corrected chi connectivity index (χ3v) is 1.99. The summed E-state index contributed by atoms with van der Waals surface area (Å²) in [6, 6.07) is 2.08. The predicted octanol–water partition coefficient (Wildman–Crippen LogP) is 3.27. The summed E-state index contributed by atoms with van der Waals surface area (Å²) in [5.74, 6) is -0.920. The maximum absolute atomic E-state index is 13.5. The van der Waals surface area contributed by atoms with E-state index in [9.17, 15) is 8.78 Å². The Labute approximate surface area is 82.7 Å². The third kappa shape index (κ3) is 2.03. The molecule has 0 aliphatic heterocycles. The van der Waals surface area contributed by atoms with Gasteiger partial charge in [-0.15, -0.1) is 0 Å². The fourth-order valence-corrected chi connectivity index (χ4v) is 1.44. The molecule has 0 unspecified atom stereocenters. The second kappa shape index (κ2) is 3.56. The zero-order valence-corrected chi connectivity index (χ0v) is 8.82. The van der Waals surface area contributed by atoms with Gasteiger partial charge in [0.05, 0.1) is 7.11 Å². The minimum atomic E-state index is -0.618. The number of halogens is 2. The van der Waals surface area contributed by atoms with Crippen LogP contribution in [0.3, 0.4) is 0 Å².